The zero-order chi connectivity index (χ0) is 18.7. The Morgan fingerprint density at radius 3 is 2.50 bits per heavy atom. The van der Waals surface area contributed by atoms with E-state index < -0.39 is 18.7 Å². The van der Waals surface area contributed by atoms with Crippen molar-refractivity contribution in [3.63, 3.8) is 0 Å². The summed E-state index contributed by atoms with van der Waals surface area (Å²) in [4.78, 5) is 24.5. The van der Waals surface area contributed by atoms with Crippen LogP contribution in [-0.2, 0) is 23.0 Å². The third-order valence-corrected chi connectivity index (χ3v) is 4.29. The minimum absolute atomic E-state index is 0.142. The maximum atomic E-state index is 13.5. The fraction of sp³-hybridized carbons (Fsp3) is 0.250. The highest BCUT2D eigenvalue weighted by Gasteiger charge is 2.20. The lowest BCUT2D eigenvalue weighted by atomic mass is 10.0. The number of benzene rings is 2. The number of nitrogens with zero attached hydrogens (tertiary/aromatic N) is 2. The van der Waals surface area contributed by atoms with Crippen molar-refractivity contribution in [3.05, 3.63) is 75.7 Å². The SMILES string of the molecule is Cc1ccccc1C(CF)OC(=O)Cc1nn(C)c(=O)c2ccccc12. The lowest BCUT2D eigenvalue weighted by molar-refractivity contribution is -0.149. The fourth-order valence-electron chi connectivity index (χ4n) is 2.97. The monoisotopic (exact) mass is 354 g/mol. The molecule has 1 heterocycles. The molecule has 0 bridgehead atoms. The van der Waals surface area contributed by atoms with Gasteiger partial charge in [-0.2, -0.15) is 5.10 Å². The third kappa shape index (κ3) is 3.49. The van der Waals surface area contributed by atoms with Gasteiger partial charge < -0.3 is 4.74 Å². The molecule has 26 heavy (non-hydrogen) atoms. The van der Waals surface area contributed by atoms with E-state index in [9.17, 15) is 14.0 Å². The second kappa shape index (κ2) is 7.47. The van der Waals surface area contributed by atoms with Crippen LogP contribution in [0.15, 0.2) is 53.3 Å². The van der Waals surface area contributed by atoms with Gasteiger partial charge in [0.05, 0.1) is 17.5 Å². The second-order valence-electron chi connectivity index (χ2n) is 6.09. The number of halogens is 1. The molecule has 0 aliphatic heterocycles. The number of hydrogen-bond donors (Lipinski definition) is 0. The van der Waals surface area contributed by atoms with Gasteiger partial charge in [-0.15, -0.1) is 0 Å². The minimum atomic E-state index is -0.956. The third-order valence-electron chi connectivity index (χ3n) is 4.29. The van der Waals surface area contributed by atoms with Crippen LogP contribution in [0.3, 0.4) is 0 Å². The summed E-state index contributed by atoms with van der Waals surface area (Å²) in [5, 5.41) is 5.25. The van der Waals surface area contributed by atoms with E-state index in [2.05, 4.69) is 5.10 Å². The van der Waals surface area contributed by atoms with E-state index in [0.29, 0.717) is 22.0 Å². The molecule has 5 nitrogen and oxygen atoms in total. The number of rotatable bonds is 5. The Hall–Kier alpha value is -3.02. The number of alkyl halides is 1. The Morgan fingerprint density at radius 1 is 1.15 bits per heavy atom. The quantitative estimate of drug-likeness (QED) is 0.661. The predicted molar refractivity (Wildman–Crippen MR) is 96.7 cm³/mol. The number of fused-ring (bicyclic) bond motifs is 1. The molecule has 0 fully saturated rings. The van der Waals surface area contributed by atoms with Gasteiger partial charge in [0.25, 0.3) is 5.56 Å². The lowest BCUT2D eigenvalue weighted by Crippen LogP contribution is -2.23. The Morgan fingerprint density at radius 2 is 1.81 bits per heavy atom. The molecule has 0 saturated heterocycles. The number of aromatic nitrogens is 2. The second-order valence-corrected chi connectivity index (χ2v) is 6.09. The van der Waals surface area contributed by atoms with Crippen molar-refractivity contribution in [1.82, 2.24) is 9.78 Å². The fourth-order valence-corrected chi connectivity index (χ4v) is 2.97. The number of carbonyl (C=O) groups is 1. The van der Waals surface area contributed by atoms with E-state index in [1.165, 1.54) is 11.7 Å². The van der Waals surface area contributed by atoms with E-state index in [0.717, 1.165) is 5.56 Å². The van der Waals surface area contributed by atoms with E-state index in [-0.39, 0.29) is 12.0 Å². The molecule has 0 aliphatic carbocycles. The zero-order valence-corrected chi connectivity index (χ0v) is 14.6. The number of ether oxygens (including phenoxy) is 1. The highest BCUT2D eigenvalue weighted by molar-refractivity contribution is 5.87. The number of esters is 1. The molecule has 0 N–H and O–H groups in total. The van der Waals surface area contributed by atoms with Crippen molar-refractivity contribution in [2.75, 3.05) is 6.67 Å². The Bertz CT molecular complexity index is 1010. The van der Waals surface area contributed by atoms with Crippen molar-refractivity contribution < 1.29 is 13.9 Å². The first-order chi connectivity index (χ1) is 12.5. The molecule has 0 radical (unpaired) electrons. The molecular weight excluding hydrogens is 335 g/mol. The molecule has 0 saturated carbocycles. The molecule has 3 rings (SSSR count). The van der Waals surface area contributed by atoms with Gasteiger partial charge in [0.15, 0.2) is 6.10 Å². The van der Waals surface area contributed by atoms with Crippen LogP contribution in [0.5, 0.6) is 0 Å². The van der Waals surface area contributed by atoms with E-state index in [1.807, 2.05) is 19.1 Å². The molecule has 0 amide bonds. The smallest absolute Gasteiger partial charge is 0.312 e. The molecule has 0 aliphatic rings. The van der Waals surface area contributed by atoms with E-state index in [1.54, 1.807) is 36.4 Å². The van der Waals surface area contributed by atoms with Gasteiger partial charge in [-0.25, -0.2) is 9.07 Å². The normalized spacial score (nSPS) is 12.1. The summed E-state index contributed by atoms with van der Waals surface area (Å²) >= 11 is 0. The van der Waals surface area contributed by atoms with Crippen LogP contribution in [0, 0.1) is 6.92 Å². The average molecular weight is 354 g/mol. The van der Waals surface area contributed by atoms with Gasteiger partial charge >= 0.3 is 5.97 Å². The van der Waals surface area contributed by atoms with Gasteiger partial charge in [-0.1, -0.05) is 42.5 Å². The first-order valence-corrected chi connectivity index (χ1v) is 8.27. The van der Waals surface area contributed by atoms with Crippen molar-refractivity contribution in [2.24, 2.45) is 7.05 Å². The summed E-state index contributed by atoms with van der Waals surface area (Å²) in [5.41, 5.74) is 1.68. The molecule has 2 aromatic carbocycles. The van der Waals surface area contributed by atoms with Crippen LogP contribution in [0.25, 0.3) is 10.8 Å². The summed E-state index contributed by atoms with van der Waals surface area (Å²) < 4.78 is 20.0. The summed E-state index contributed by atoms with van der Waals surface area (Å²) in [6.07, 6.45) is -1.10. The summed E-state index contributed by atoms with van der Waals surface area (Å²) in [5.74, 6) is -0.591. The van der Waals surface area contributed by atoms with Crippen LogP contribution in [0.2, 0.25) is 0 Å². The Labute approximate surface area is 150 Å². The maximum Gasteiger partial charge on any atom is 0.312 e. The molecule has 6 heteroatoms. The van der Waals surface area contributed by atoms with Gasteiger partial charge in [0.2, 0.25) is 0 Å². The number of carbonyl (C=O) groups excluding carboxylic acids is 1. The Balaban J connectivity index is 1.87. The lowest BCUT2D eigenvalue weighted by Gasteiger charge is -2.17. The molecule has 3 aromatic rings. The molecular formula is C20H19FN2O3. The van der Waals surface area contributed by atoms with Crippen molar-refractivity contribution in [2.45, 2.75) is 19.4 Å². The topological polar surface area (TPSA) is 61.2 Å². The van der Waals surface area contributed by atoms with E-state index in [4.69, 9.17) is 4.74 Å². The molecule has 0 spiro atoms. The summed E-state index contributed by atoms with van der Waals surface area (Å²) in [6.45, 7) is 1.03. The standard InChI is InChI=1S/C20H19FN2O3/c1-13-7-3-4-8-14(13)18(12-21)26-19(24)11-17-15-9-5-6-10-16(15)20(25)23(2)22-17/h3-10,18H,11-12H2,1-2H3. The number of hydrogen-bond acceptors (Lipinski definition) is 4. The Kier molecular flexibility index (Phi) is 5.11. The molecule has 1 unspecified atom stereocenters. The van der Waals surface area contributed by atoms with Crippen LogP contribution >= 0.6 is 0 Å². The first kappa shape index (κ1) is 17.8. The molecule has 134 valence electrons. The van der Waals surface area contributed by atoms with Crippen molar-refractivity contribution in [3.8, 4) is 0 Å². The first-order valence-electron chi connectivity index (χ1n) is 8.27. The van der Waals surface area contributed by atoms with Crippen LogP contribution < -0.4 is 5.56 Å². The highest BCUT2D eigenvalue weighted by atomic mass is 19.1. The van der Waals surface area contributed by atoms with Gasteiger partial charge in [0, 0.05) is 12.4 Å². The largest absolute Gasteiger partial charge is 0.454 e. The van der Waals surface area contributed by atoms with Gasteiger partial charge in [0.1, 0.15) is 6.67 Å². The van der Waals surface area contributed by atoms with E-state index >= 15 is 0 Å². The summed E-state index contributed by atoms with van der Waals surface area (Å²) in [6, 6.07) is 14.2. The van der Waals surface area contributed by atoms with Crippen molar-refractivity contribution >= 4 is 16.7 Å². The molecule has 1 atom stereocenters. The number of aryl methyl sites for hydroxylation is 2. The van der Waals surface area contributed by atoms with Gasteiger partial charge in [-0.3, -0.25) is 9.59 Å². The van der Waals surface area contributed by atoms with Crippen LogP contribution in [0.1, 0.15) is 22.9 Å². The predicted octanol–water partition coefficient (Wildman–Crippen LogP) is 3.04. The average Bonchev–Trinajstić information content (AvgIpc) is 2.64. The van der Waals surface area contributed by atoms with Gasteiger partial charge in [-0.05, 0) is 24.1 Å². The zero-order valence-electron chi connectivity index (χ0n) is 14.6. The maximum absolute atomic E-state index is 13.5. The van der Waals surface area contributed by atoms with Crippen LogP contribution in [-0.4, -0.2) is 22.4 Å². The molecule has 1 aromatic heterocycles. The van der Waals surface area contributed by atoms with Crippen LogP contribution in [0.4, 0.5) is 4.39 Å². The summed E-state index contributed by atoms with van der Waals surface area (Å²) in [7, 11) is 1.53. The highest BCUT2D eigenvalue weighted by Crippen LogP contribution is 2.23. The van der Waals surface area contributed by atoms with Crippen molar-refractivity contribution in [1.29, 1.82) is 0 Å². The minimum Gasteiger partial charge on any atom is -0.454 e.